The number of amides is 2. The van der Waals surface area contributed by atoms with Crippen LogP contribution in [0.5, 0.6) is 23.0 Å². The SMILES string of the molecule is CCN(CCN(C(=O)OC(C)(C)C)c1cc(Cl)ccc1Oc1cc(F)c(N(Cc2ccc(OC)cc2OC)S(=O)(=O)c2ncns2)cc1F)C(=O)OC(C)(C)C. The lowest BCUT2D eigenvalue weighted by Crippen LogP contribution is -2.44. The Morgan fingerprint density at radius 3 is 2.09 bits per heavy atom. The second kappa shape index (κ2) is 17.9. The zero-order chi connectivity index (χ0) is 41.6. The van der Waals surface area contributed by atoms with Gasteiger partial charge in [-0.1, -0.05) is 11.6 Å². The van der Waals surface area contributed by atoms with E-state index in [1.165, 1.54) is 49.5 Å². The van der Waals surface area contributed by atoms with Gasteiger partial charge in [0.1, 0.15) is 29.0 Å². The summed E-state index contributed by atoms with van der Waals surface area (Å²) in [7, 11) is -1.80. The van der Waals surface area contributed by atoms with E-state index >= 15 is 8.78 Å². The number of rotatable bonds is 14. The maximum absolute atomic E-state index is 16.2. The van der Waals surface area contributed by atoms with Crippen molar-refractivity contribution in [2.75, 3.05) is 43.1 Å². The number of aromatic nitrogens is 2. The number of carbonyl (C=O) groups is 2. The highest BCUT2D eigenvalue weighted by atomic mass is 35.5. The molecule has 0 N–H and O–H groups in total. The van der Waals surface area contributed by atoms with Gasteiger partial charge in [0, 0.05) is 48.4 Å². The summed E-state index contributed by atoms with van der Waals surface area (Å²) in [5.74, 6) is -2.50. The van der Waals surface area contributed by atoms with Crippen molar-refractivity contribution in [3.05, 3.63) is 77.1 Å². The van der Waals surface area contributed by atoms with Crippen LogP contribution in [0.15, 0.2) is 59.2 Å². The van der Waals surface area contributed by atoms with Crippen molar-refractivity contribution < 1.29 is 50.5 Å². The van der Waals surface area contributed by atoms with Gasteiger partial charge < -0.3 is 28.6 Å². The third kappa shape index (κ3) is 11.1. The molecule has 4 rings (SSSR count). The molecule has 14 nitrogen and oxygen atoms in total. The number of hydrogen-bond donors (Lipinski definition) is 0. The number of benzene rings is 3. The van der Waals surface area contributed by atoms with E-state index in [4.69, 9.17) is 35.3 Å². The van der Waals surface area contributed by atoms with Crippen LogP contribution in [0.4, 0.5) is 29.7 Å². The average Bonchev–Trinajstić information content (AvgIpc) is 3.66. The predicted octanol–water partition coefficient (Wildman–Crippen LogP) is 8.67. The molecule has 0 unspecified atom stereocenters. The summed E-state index contributed by atoms with van der Waals surface area (Å²) in [6, 6.07) is 10.1. The van der Waals surface area contributed by atoms with Gasteiger partial charge in [-0.25, -0.2) is 23.4 Å². The van der Waals surface area contributed by atoms with E-state index in [1.807, 2.05) is 0 Å². The van der Waals surface area contributed by atoms with Crippen LogP contribution in [0.3, 0.4) is 0 Å². The third-order valence-corrected chi connectivity index (χ3v) is 10.6. The van der Waals surface area contributed by atoms with Crippen LogP contribution in [0.2, 0.25) is 5.02 Å². The van der Waals surface area contributed by atoms with Crippen LogP contribution >= 0.6 is 23.1 Å². The smallest absolute Gasteiger partial charge is 0.414 e. The lowest BCUT2D eigenvalue weighted by molar-refractivity contribution is 0.0258. The van der Waals surface area contributed by atoms with Crippen molar-refractivity contribution in [3.8, 4) is 23.0 Å². The Morgan fingerprint density at radius 1 is 0.821 bits per heavy atom. The molecule has 0 saturated carbocycles. The van der Waals surface area contributed by atoms with Crippen LogP contribution in [-0.2, 0) is 26.0 Å². The zero-order valence-corrected chi connectivity index (χ0v) is 34.8. The fourth-order valence-corrected chi connectivity index (χ4v) is 7.35. The molecule has 0 bridgehead atoms. The topological polar surface area (TPSA) is 150 Å². The summed E-state index contributed by atoms with van der Waals surface area (Å²) in [5, 5.41) is 0.161. The van der Waals surface area contributed by atoms with Crippen LogP contribution in [0, 0.1) is 11.6 Å². The molecule has 4 aromatic rings. The maximum Gasteiger partial charge on any atom is 0.414 e. The summed E-state index contributed by atoms with van der Waals surface area (Å²) in [6.45, 7) is 11.5. The molecule has 0 radical (unpaired) electrons. The quantitative estimate of drug-likeness (QED) is 0.120. The van der Waals surface area contributed by atoms with Crippen LogP contribution in [-0.4, -0.2) is 79.9 Å². The second-order valence-electron chi connectivity index (χ2n) is 14.0. The van der Waals surface area contributed by atoms with Gasteiger partial charge in [-0.3, -0.25) is 9.21 Å². The maximum atomic E-state index is 16.2. The van der Waals surface area contributed by atoms with Crippen molar-refractivity contribution in [2.24, 2.45) is 0 Å². The van der Waals surface area contributed by atoms with Gasteiger partial charge >= 0.3 is 12.2 Å². The van der Waals surface area contributed by atoms with Crippen LogP contribution in [0.1, 0.15) is 54.0 Å². The number of halogens is 3. The number of methoxy groups -OCH3 is 2. The molecule has 3 aromatic carbocycles. The fourth-order valence-electron chi connectivity index (χ4n) is 5.05. The van der Waals surface area contributed by atoms with E-state index in [1.54, 1.807) is 54.5 Å². The average molecular weight is 840 g/mol. The van der Waals surface area contributed by atoms with E-state index in [0.717, 1.165) is 11.2 Å². The summed E-state index contributed by atoms with van der Waals surface area (Å²) in [6.07, 6.45) is -0.436. The fraction of sp³-hybridized carbons (Fsp3) is 0.405. The number of sulfonamides is 1. The lowest BCUT2D eigenvalue weighted by atomic mass is 10.1. The standard InChI is InChI=1S/C37H44ClF2N5O9S2/c1-10-43(34(46)53-36(2,3)4)15-16-44(35(47)54-37(5,6)7)29-17-24(38)12-14-30(29)52-32-20-26(39)28(19-27(32)40)45(56(48,49)33-41-22-42-55-33)21-23-11-13-25(50-8)18-31(23)51-9/h11-14,17-20,22H,10,15-16,21H2,1-9H3. The van der Waals surface area contributed by atoms with E-state index in [9.17, 15) is 18.0 Å². The normalized spacial score (nSPS) is 11.8. The molecule has 0 aliphatic carbocycles. The van der Waals surface area contributed by atoms with Gasteiger partial charge in [-0.2, -0.15) is 12.8 Å². The molecule has 0 saturated heterocycles. The number of carbonyl (C=O) groups excluding carboxylic acids is 2. The number of nitrogens with zero attached hydrogens (tertiary/aromatic N) is 5. The Kier molecular flexibility index (Phi) is 14.0. The van der Waals surface area contributed by atoms with Gasteiger partial charge in [0.2, 0.25) is 4.34 Å². The molecule has 56 heavy (non-hydrogen) atoms. The molecule has 1 aromatic heterocycles. The van der Waals surface area contributed by atoms with E-state index in [0.29, 0.717) is 39.3 Å². The summed E-state index contributed by atoms with van der Waals surface area (Å²) in [4.78, 5) is 32.9. The van der Waals surface area contributed by atoms with Gasteiger partial charge in [-0.05, 0) is 90.3 Å². The lowest BCUT2D eigenvalue weighted by Gasteiger charge is -2.31. The second-order valence-corrected chi connectivity index (χ2v) is 17.3. The van der Waals surface area contributed by atoms with Gasteiger partial charge in [-0.15, -0.1) is 0 Å². The monoisotopic (exact) mass is 839 g/mol. The van der Waals surface area contributed by atoms with Gasteiger partial charge in [0.15, 0.2) is 23.1 Å². The number of anilines is 2. The molecule has 304 valence electrons. The Morgan fingerprint density at radius 2 is 1.50 bits per heavy atom. The summed E-state index contributed by atoms with van der Waals surface area (Å²) < 4.78 is 91.8. The minimum absolute atomic E-state index is 0.00273. The third-order valence-electron chi connectivity index (χ3n) is 7.60. The molecule has 0 spiro atoms. The molecule has 1 heterocycles. The van der Waals surface area contributed by atoms with Gasteiger partial charge in [0.05, 0.1) is 32.1 Å². The molecular formula is C37H44ClF2N5O9S2. The molecular weight excluding hydrogens is 796 g/mol. The first kappa shape index (κ1) is 43.8. The minimum atomic E-state index is -4.61. The Hall–Kier alpha value is -4.94. The van der Waals surface area contributed by atoms with Crippen LogP contribution < -0.4 is 23.4 Å². The van der Waals surface area contributed by atoms with Crippen molar-refractivity contribution in [3.63, 3.8) is 0 Å². The highest BCUT2D eigenvalue weighted by Gasteiger charge is 2.33. The molecule has 0 atom stereocenters. The van der Waals surface area contributed by atoms with Gasteiger partial charge in [0.25, 0.3) is 10.0 Å². The molecule has 19 heteroatoms. The molecule has 0 aliphatic rings. The van der Waals surface area contributed by atoms with Crippen molar-refractivity contribution in [1.82, 2.24) is 14.3 Å². The number of likely N-dealkylation sites (N-methyl/N-ethyl adjacent to an activating group) is 1. The highest BCUT2D eigenvalue weighted by Crippen LogP contribution is 2.40. The first-order valence-corrected chi connectivity index (χ1v) is 19.7. The zero-order valence-electron chi connectivity index (χ0n) is 32.4. The molecule has 2 amide bonds. The minimum Gasteiger partial charge on any atom is -0.497 e. The van der Waals surface area contributed by atoms with E-state index < -0.39 is 67.4 Å². The highest BCUT2D eigenvalue weighted by molar-refractivity contribution is 7.94. The Bertz CT molecular complexity index is 2130. The number of hydrogen-bond acceptors (Lipinski definition) is 12. The number of ether oxygens (including phenoxy) is 5. The van der Waals surface area contributed by atoms with Crippen molar-refractivity contribution >= 4 is 56.7 Å². The Balaban J connectivity index is 1.77. The Labute approximate surface area is 334 Å². The molecule has 0 aliphatic heterocycles. The summed E-state index contributed by atoms with van der Waals surface area (Å²) in [5.41, 5.74) is -2.10. The van der Waals surface area contributed by atoms with Crippen LogP contribution in [0.25, 0.3) is 0 Å². The predicted molar refractivity (Wildman–Crippen MR) is 208 cm³/mol. The largest absolute Gasteiger partial charge is 0.497 e. The van der Waals surface area contributed by atoms with E-state index in [-0.39, 0.29) is 41.8 Å². The summed E-state index contributed by atoms with van der Waals surface area (Å²) >= 11 is 6.93. The van der Waals surface area contributed by atoms with Crippen molar-refractivity contribution in [2.45, 2.75) is 70.6 Å². The first-order valence-electron chi connectivity index (χ1n) is 17.1. The van der Waals surface area contributed by atoms with Crippen molar-refractivity contribution in [1.29, 1.82) is 0 Å². The first-order chi connectivity index (χ1) is 26.2. The molecule has 0 fully saturated rings. The van der Waals surface area contributed by atoms with E-state index in [2.05, 4.69) is 9.36 Å².